The second kappa shape index (κ2) is 6.41. The lowest BCUT2D eigenvalue weighted by Gasteiger charge is -2.07. The molecule has 2 aromatic rings. The average Bonchev–Trinajstić information content (AvgIpc) is 2.99. The highest BCUT2D eigenvalue weighted by Gasteiger charge is 2.16. The predicted octanol–water partition coefficient (Wildman–Crippen LogP) is 2.47. The van der Waals surface area contributed by atoms with Crippen molar-refractivity contribution in [3.05, 3.63) is 33.3 Å². The standard InChI is InChI=1S/C12H15BrClN5O/c1-3-18-7-9(14)11(17-18)12(20)15-6-10-8(13)5-16-19(10)4-2/h5,7H,3-4,6H2,1-2H3,(H,15,20). The molecule has 1 N–H and O–H groups in total. The molecule has 0 radical (unpaired) electrons. The average molecular weight is 361 g/mol. The molecule has 2 heterocycles. The van der Waals surface area contributed by atoms with Crippen molar-refractivity contribution >= 4 is 33.4 Å². The molecule has 0 bridgehead atoms. The number of hydrogen-bond donors (Lipinski definition) is 1. The number of hydrogen-bond acceptors (Lipinski definition) is 3. The number of nitrogens with zero attached hydrogens (tertiary/aromatic N) is 4. The summed E-state index contributed by atoms with van der Waals surface area (Å²) in [5, 5.41) is 11.5. The van der Waals surface area contributed by atoms with Gasteiger partial charge >= 0.3 is 0 Å². The van der Waals surface area contributed by atoms with Crippen LogP contribution in [0.4, 0.5) is 0 Å². The third-order valence-electron chi connectivity index (χ3n) is 2.87. The zero-order chi connectivity index (χ0) is 14.7. The number of nitrogens with one attached hydrogen (secondary N) is 1. The molecule has 1 amide bonds. The summed E-state index contributed by atoms with van der Waals surface area (Å²) in [5.41, 5.74) is 1.15. The van der Waals surface area contributed by atoms with Gasteiger partial charge in [-0.25, -0.2) is 0 Å². The molecule has 6 nitrogen and oxygen atoms in total. The lowest BCUT2D eigenvalue weighted by molar-refractivity contribution is 0.0944. The molecule has 0 saturated heterocycles. The second-order valence-corrected chi connectivity index (χ2v) is 5.38. The number of aryl methyl sites for hydroxylation is 2. The quantitative estimate of drug-likeness (QED) is 0.891. The maximum absolute atomic E-state index is 12.1. The Morgan fingerprint density at radius 2 is 2.20 bits per heavy atom. The lowest BCUT2D eigenvalue weighted by Crippen LogP contribution is -2.25. The SMILES string of the molecule is CCn1cc(Cl)c(C(=O)NCc2c(Br)cnn2CC)n1. The second-order valence-electron chi connectivity index (χ2n) is 4.12. The smallest absolute Gasteiger partial charge is 0.273 e. The Morgan fingerprint density at radius 1 is 1.45 bits per heavy atom. The van der Waals surface area contributed by atoms with Crippen LogP contribution in [-0.4, -0.2) is 25.5 Å². The maximum atomic E-state index is 12.1. The Hall–Kier alpha value is -1.34. The van der Waals surface area contributed by atoms with E-state index in [1.807, 2.05) is 18.5 Å². The summed E-state index contributed by atoms with van der Waals surface area (Å²) < 4.78 is 4.31. The molecule has 0 atom stereocenters. The van der Waals surface area contributed by atoms with Crippen molar-refractivity contribution in [3.63, 3.8) is 0 Å². The van der Waals surface area contributed by atoms with Gasteiger partial charge in [-0.1, -0.05) is 11.6 Å². The van der Waals surface area contributed by atoms with Gasteiger partial charge < -0.3 is 5.32 Å². The van der Waals surface area contributed by atoms with Crippen molar-refractivity contribution in [2.75, 3.05) is 0 Å². The van der Waals surface area contributed by atoms with Crippen LogP contribution in [0.5, 0.6) is 0 Å². The van der Waals surface area contributed by atoms with Gasteiger partial charge in [-0.15, -0.1) is 0 Å². The summed E-state index contributed by atoms with van der Waals surface area (Å²) in [6, 6.07) is 0. The fraction of sp³-hybridized carbons (Fsp3) is 0.417. The van der Waals surface area contributed by atoms with Crippen molar-refractivity contribution in [3.8, 4) is 0 Å². The predicted molar refractivity (Wildman–Crippen MR) is 79.7 cm³/mol. The van der Waals surface area contributed by atoms with Crippen LogP contribution in [-0.2, 0) is 19.6 Å². The van der Waals surface area contributed by atoms with Gasteiger partial charge in [-0.3, -0.25) is 14.2 Å². The molecule has 2 aromatic heterocycles. The fourth-order valence-corrected chi connectivity index (χ4v) is 2.47. The minimum absolute atomic E-state index is 0.243. The Bertz CT molecular complexity index is 621. The van der Waals surface area contributed by atoms with E-state index >= 15 is 0 Å². The van der Waals surface area contributed by atoms with Crippen molar-refractivity contribution < 1.29 is 4.79 Å². The normalized spacial score (nSPS) is 10.8. The molecular formula is C12H15BrClN5O. The Balaban J connectivity index is 2.08. The third kappa shape index (κ3) is 3.04. The van der Waals surface area contributed by atoms with Crippen LogP contribution < -0.4 is 5.32 Å². The van der Waals surface area contributed by atoms with E-state index in [9.17, 15) is 4.79 Å². The number of amides is 1. The van der Waals surface area contributed by atoms with Crippen LogP contribution in [0.3, 0.4) is 0 Å². The van der Waals surface area contributed by atoms with Gasteiger partial charge in [0.25, 0.3) is 5.91 Å². The van der Waals surface area contributed by atoms with Crippen molar-refractivity contribution in [1.82, 2.24) is 24.9 Å². The van der Waals surface area contributed by atoms with Crippen LogP contribution in [0, 0.1) is 0 Å². The summed E-state index contributed by atoms with van der Waals surface area (Å²) in [5.74, 6) is -0.294. The van der Waals surface area contributed by atoms with Crippen LogP contribution in [0.2, 0.25) is 5.02 Å². The highest BCUT2D eigenvalue weighted by atomic mass is 79.9. The number of rotatable bonds is 5. The topological polar surface area (TPSA) is 64.7 Å². The van der Waals surface area contributed by atoms with E-state index in [0.717, 1.165) is 16.7 Å². The van der Waals surface area contributed by atoms with E-state index in [2.05, 4.69) is 31.4 Å². The summed E-state index contributed by atoms with van der Waals surface area (Å²) in [4.78, 5) is 12.1. The zero-order valence-electron chi connectivity index (χ0n) is 11.2. The summed E-state index contributed by atoms with van der Waals surface area (Å²) in [6.45, 7) is 5.69. The van der Waals surface area contributed by atoms with Crippen molar-refractivity contribution in [2.24, 2.45) is 0 Å². The minimum atomic E-state index is -0.294. The van der Waals surface area contributed by atoms with E-state index in [1.165, 1.54) is 0 Å². The van der Waals surface area contributed by atoms with Gasteiger partial charge in [0.2, 0.25) is 0 Å². The number of carbonyl (C=O) groups is 1. The molecule has 0 aliphatic rings. The molecule has 0 aromatic carbocycles. The molecule has 0 spiro atoms. The summed E-state index contributed by atoms with van der Waals surface area (Å²) >= 11 is 9.41. The molecule has 108 valence electrons. The third-order valence-corrected chi connectivity index (χ3v) is 3.81. The molecular weight excluding hydrogens is 346 g/mol. The molecule has 0 unspecified atom stereocenters. The lowest BCUT2D eigenvalue weighted by atomic mass is 10.3. The van der Waals surface area contributed by atoms with Crippen LogP contribution >= 0.6 is 27.5 Å². The monoisotopic (exact) mass is 359 g/mol. The largest absolute Gasteiger partial charge is 0.345 e. The molecule has 0 aliphatic carbocycles. The van der Waals surface area contributed by atoms with Gasteiger partial charge in [-0.2, -0.15) is 10.2 Å². The molecule has 0 fully saturated rings. The van der Waals surface area contributed by atoms with E-state index in [1.54, 1.807) is 17.1 Å². The fourth-order valence-electron chi connectivity index (χ4n) is 1.80. The Kier molecular flexibility index (Phi) is 4.82. The van der Waals surface area contributed by atoms with E-state index in [4.69, 9.17) is 11.6 Å². The first kappa shape index (κ1) is 15.1. The molecule has 0 aliphatic heterocycles. The van der Waals surface area contributed by atoms with Gasteiger partial charge in [0, 0.05) is 19.3 Å². The van der Waals surface area contributed by atoms with Crippen LogP contribution in [0.25, 0.3) is 0 Å². The maximum Gasteiger partial charge on any atom is 0.273 e. The summed E-state index contributed by atoms with van der Waals surface area (Å²) in [6.07, 6.45) is 3.35. The zero-order valence-corrected chi connectivity index (χ0v) is 13.6. The van der Waals surface area contributed by atoms with Crippen molar-refractivity contribution in [2.45, 2.75) is 33.5 Å². The highest BCUT2D eigenvalue weighted by Crippen LogP contribution is 2.17. The molecule has 20 heavy (non-hydrogen) atoms. The Labute approximate surface area is 130 Å². The first-order valence-electron chi connectivity index (χ1n) is 6.28. The first-order valence-corrected chi connectivity index (χ1v) is 7.45. The Morgan fingerprint density at radius 3 is 2.80 bits per heavy atom. The minimum Gasteiger partial charge on any atom is -0.345 e. The van der Waals surface area contributed by atoms with Gasteiger partial charge in [0.1, 0.15) is 0 Å². The first-order chi connectivity index (χ1) is 9.56. The van der Waals surface area contributed by atoms with E-state index in [-0.39, 0.29) is 11.6 Å². The van der Waals surface area contributed by atoms with Crippen molar-refractivity contribution in [1.29, 1.82) is 0 Å². The van der Waals surface area contributed by atoms with Gasteiger partial charge in [-0.05, 0) is 29.8 Å². The highest BCUT2D eigenvalue weighted by molar-refractivity contribution is 9.10. The number of aromatic nitrogens is 4. The van der Waals surface area contributed by atoms with Gasteiger partial charge in [0.05, 0.1) is 27.9 Å². The van der Waals surface area contributed by atoms with Gasteiger partial charge in [0.15, 0.2) is 5.69 Å². The van der Waals surface area contributed by atoms with E-state index < -0.39 is 0 Å². The molecule has 0 saturated carbocycles. The van der Waals surface area contributed by atoms with Crippen LogP contribution in [0.15, 0.2) is 16.9 Å². The molecule has 2 rings (SSSR count). The van der Waals surface area contributed by atoms with Crippen LogP contribution in [0.1, 0.15) is 30.0 Å². The molecule has 8 heteroatoms. The van der Waals surface area contributed by atoms with E-state index in [0.29, 0.717) is 18.1 Å². The number of halogens is 2. The number of carbonyl (C=O) groups excluding carboxylic acids is 1. The summed E-state index contributed by atoms with van der Waals surface area (Å²) in [7, 11) is 0.